The maximum atomic E-state index is 13.4. The van der Waals surface area contributed by atoms with Crippen LogP contribution in [0.25, 0.3) is 0 Å². The first-order valence-corrected chi connectivity index (χ1v) is 9.58. The second-order valence-electron chi connectivity index (χ2n) is 7.40. The Morgan fingerprint density at radius 3 is 2.70 bits per heavy atom. The van der Waals surface area contributed by atoms with Crippen molar-refractivity contribution in [3.05, 3.63) is 35.1 Å². The number of halogens is 2. The van der Waals surface area contributed by atoms with Crippen molar-refractivity contribution in [1.82, 2.24) is 15.5 Å². The molecule has 1 aromatic carbocycles. The molecule has 2 fully saturated rings. The number of hydrogen-bond acceptors (Lipinski definition) is 2. The maximum Gasteiger partial charge on any atom is 0.225 e. The van der Waals surface area contributed by atoms with Crippen molar-refractivity contribution in [1.29, 1.82) is 0 Å². The fraction of sp³-hybridized carbons (Fsp3) is 0.600. The van der Waals surface area contributed by atoms with E-state index in [2.05, 4.69) is 15.6 Å². The highest BCUT2D eigenvalue weighted by atomic mass is 127. The highest BCUT2D eigenvalue weighted by molar-refractivity contribution is 14.0. The second-order valence-corrected chi connectivity index (χ2v) is 7.40. The zero-order valence-corrected chi connectivity index (χ0v) is 18.5. The summed E-state index contributed by atoms with van der Waals surface area (Å²) in [7, 11) is 1.74. The third-order valence-electron chi connectivity index (χ3n) is 5.45. The van der Waals surface area contributed by atoms with E-state index in [1.165, 1.54) is 18.9 Å². The van der Waals surface area contributed by atoms with E-state index in [1.807, 2.05) is 11.0 Å². The molecule has 1 atom stereocenters. The largest absolute Gasteiger partial charge is 0.352 e. The molecule has 7 heteroatoms. The van der Waals surface area contributed by atoms with Gasteiger partial charge in [0, 0.05) is 38.6 Å². The van der Waals surface area contributed by atoms with Crippen LogP contribution in [0.4, 0.5) is 4.39 Å². The van der Waals surface area contributed by atoms with Gasteiger partial charge in [-0.2, -0.15) is 0 Å². The third kappa shape index (κ3) is 5.80. The number of hydrogen-bond donors (Lipinski definition) is 2. The van der Waals surface area contributed by atoms with Crippen molar-refractivity contribution in [2.24, 2.45) is 10.9 Å². The molecule has 1 aromatic rings. The van der Waals surface area contributed by atoms with E-state index in [-0.39, 0.29) is 41.8 Å². The first kappa shape index (κ1) is 21.9. The molecule has 2 N–H and O–H groups in total. The lowest BCUT2D eigenvalue weighted by Gasteiger charge is -2.21. The molecule has 1 aliphatic heterocycles. The van der Waals surface area contributed by atoms with Gasteiger partial charge in [-0.1, -0.05) is 25.0 Å². The van der Waals surface area contributed by atoms with E-state index < -0.39 is 0 Å². The molecule has 5 nitrogen and oxygen atoms in total. The standard InChI is InChI=1S/C20H29FN4O.HI/c1-14-11-15(7-8-18(14)21)12-23-20(22-2)24-17-9-10-25(13-17)19(26)16-5-3-4-6-16;/h7-8,11,16-17H,3-6,9-10,12-13H2,1-2H3,(H2,22,23,24);1H. The number of rotatable bonds is 4. The molecule has 3 rings (SSSR count). The number of nitrogens with zero attached hydrogens (tertiary/aromatic N) is 2. The van der Waals surface area contributed by atoms with E-state index in [0.29, 0.717) is 24.0 Å². The number of aliphatic imine (C=N–C) groups is 1. The van der Waals surface area contributed by atoms with Gasteiger partial charge in [-0.3, -0.25) is 9.79 Å². The summed E-state index contributed by atoms with van der Waals surface area (Å²) in [5.74, 6) is 1.10. The van der Waals surface area contributed by atoms with Gasteiger partial charge >= 0.3 is 0 Å². The molecule has 0 bridgehead atoms. The predicted molar refractivity (Wildman–Crippen MR) is 117 cm³/mol. The van der Waals surface area contributed by atoms with Gasteiger partial charge in [0.25, 0.3) is 0 Å². The van der Waals surface area contributed by atoms with Gasteiger partial charge in [0.15, 0.2) is 5.96 Å². The zero-order chi connectivity index (χ0) is 18.5. The molecule has 1 saturated carbocycles. The normalized spacial score (nSPS) is 20.5. The molecule has 27 heavy (non-hydrogen) atoms. The summed E-state index contributed by atoms with van der Waals surface area (Å²) in [6, 6.07) is 5.33. The Labute approximate surface area is 178 Å². The van der Waals surface area contributed by atoms with Gasteiger partial charge in [0.2, 0.25) is 5.91 Å². The molecular weight excluding hydrogens is 458 g/mol. The van der Waals surface area contributed by atoms with Crippen molar-refractivity contribution in [3.63, 3.8) is 0 Å². The summed E-state index contributed by atoms with van der Waals surface area (Å²) in [6.07, 6.45) is 5.41. The average Bonchev–Trinajstić information content (AvgIpc) is 3.33. The molecule has 0 spiro atoms. The van der Waals surface area contributed by atoms with Crippen molar-refractivity contribution in [2.75, 3.05) is 20.1 Å². The minimum absolute atomic E-state index is 0. The molecule has 0 aromatic heterocycles. The van der Waals surface area contributed by atoms with Crippen LogP contribution in [0, 0.1) is 18.7 Å². The number of nitrogens with one attached hydrogen (secondary N) is 2. The number of carbonyl (C=O) groups is 1. The molecule has 150 valence electrons. The SMILES string of the molecule is CN=C(NCc1ccc(F)c(C)c1)NC1CCN(C(=O)C2CCCC2)C1.I. The lowest BCUT2D eigenvalue weighted by atomic mass is 10.1. The van der Waals surface area contributed by atoms with Gasteiger partial charge in [-0.15, -0.1) is 24.0 Å². The van der Waals surface area contributed by atoms with Crippen LogP contribution >= 0.6 is 24.0 Å². The Kier molecular flexibility index (Phi) is 8.31. The third-order valence-corrected chi connectivity index (χ3v) is 5.45. The number of aryl methyl sites for hydroxylation is 1. The van der Waals surface area contributed by atoms with Crippen molar-refractivity contribution in [3.8, 4) is 0 Å². The number of likely N-dealkylation sites (tertiary alicyclic amines) is 1. The fourth-order valence-electron chi connectivity index (χ4n) is 3.90. The van der Waals surface area contributed by atoms with Gasteiger partial charge in [0.1, 0.15) is 5.82 Å². The van der Waals surface area contributed by atoms with E-state index in [1.54, 1.807) is 20.0 Å². The van der Waals surface area contributed by atoms with Crippen LogP contribution in [0.2, 0.25) is 0 Å². The molecule has 1 aliphatic carbocycles. The van der Waals surface area contributed by atoms with E-state index in [4.69, 9.17) is 0 Å². The van der Waals surface area contributed by atoms with Crippen LogP contribution in [0.15, 0.2) is 23.2 Å². The highest BCUT2D eigenvalue weighted by Gasteiger charge is 2.32. The summed E-state index contributed by atoms with van der Waals surface area (Å²) >= 11 is 0. The van der Waals surface area contributed by atoms with Crippen LogP contribution in [0.3, 0.4) is 0 Å². The average molecular weight is 488 g/mol. The Morgan fingerprint density at radius 2 is 2.04 bits per heavy atom. The van der Waals surface area contributed by atoms with Crippen LogP contribution in [-0.4, -0.2) is 42.9 Å². The van der Waals surface area contributed by atoms with E-state index in [9.17, 15) is 9.18 Å². The van der Waals surface area contributed by atoms with E-state index in [0.717, 1.165) is 37.9 Å². The minimum atomic E-state index is -0.186. The fourth-order valence-corrected chi connectivity index (χ4v) is 3.90. The van der Waals surface area contributed by atoms with Gasteiger partial charge in [-0.25, -0.2) is 4.39 Å². The second kappa shape index (κ2) is 10.2. The molecule has 0 radical (unpaired) electrons. The number of benzene rings is 1. The van der Waals surface area contributed by atoms with Crippen LogP contribution in [-0.2, 0) is 11.3 Å². The number of carbonyl (C=O) groups excluding carboxylic acids is 1. The maximum absolute atomic E-state index is 13.4. The predicted octanol–water partition coefficient (Wildman–Crippen LogP) is 3.21. The molecule has 1 saturated heterocycles. The lowest BCUT2D eigenvalue weighted by molar-refractivity contribution is -0.134. The monoisotopic (exact) mass is 488 g/mol. The Balaban J connectivity index is 0.00000261. The van der Waals surface area contributed by atoms with Crippen molar-refractivity contribution in [2.45, 2.75) is 51.6 Å². The summed E-state index contributed by atoms with van der Waals surface area (Å²) in [5.41, 5.74) is 1.65. The van der Waals surface area contributed by atoms with Gasteiger partial charge in [0.05, 0.1) is 0 Å². The quantitative estimate of drug-likeness (QED) is 0.389. The number of guanidine groups is 1. The van der Waals surface area contributed by atoms with E-state index >= 15 is 0 Å². The zero-order valence-electron chi connectivity index (χ0n) is 16.1. The topological polar surface area (TPSA) is 56.7 Å². The molecule has 1 unspecified atom stereocenters. The number of amides is 1. The minimum Gasteiger partial charge on any atom is -0.352 e. The summed E-state index contributed by atoms with van der Waals surface area (Å²) in [6.45, 7) is 3.91. The first-order valence-electron chi connectivity index (χ1n) is 9.58. The Bertz CT molecular complexity index is 676. The summed E-state index contributed by atoms with van der Waals surface area (Å²) in [4.78, 5) is 18.8. The molecular formula is C20H30FIN4O. The highest BCUT2D eigenvalue weighted by Crippen LogP contribution is 2.27. The lowest BCUT2D eigenvalue weighted by Crippen LogP contribution is -2.45. The molecule has 1 amide bonds. The summed E-state index contributed by atoms with van der Waals surface area (Å²) < 4.78 is 13.4. The molecule has 2 aliphatic rings. The van der Waals surface area contributed by atoms with Gasteiger partial charge < -0.3 is 15.5 Å². The van der Waals surface area contributed by atoms with Crippen LogP contribution in [0.1, 0.15) is 43.2 Å². The van der Waals surface area contributed by atoms with Crippen molar-refractivity contribution >= 4 is 35.8 Å². The Hall–Kier alpha value is -1.38. The van der Waals surface area contributed by atoms with Crippen LogP contribution < -0.4 is 10.6 Å². The Morgan fingerprint density at radius 1 is 1.30 bits per heavy atom. The molecule has 1 heterocycles. The summed E-state index contributed by atoms with van der Waals surface area (Å²) in [5, 5.41) is 6.68. The van der Waals surface area contributed by atoms with Crippen molar-refractivity contribution < 1.29 is 9.18 Å². The van der Waals surface area contributed by atoms with Gasteiger partial charge in [-0.05, 0) is 43.4 Å². The van der Waals surface area contributed by atoms with Crippen LogP contribution in [0.5, 0.6) is 0 Å². The smallest absolute Gasteiger partial charge is 0.225 e. The first-order chi connectivity index (χ1) is 12.6.